The molecule has 3 N–H and O–H groups in total. The topological polar surface area (TPSA) is 81.7 Å². The van der Waals surface area contributed by atoms with E-state index in [1.807, 2.05) is 17.0 Å². The second-order valence-electron chi connectivity index (χ2n) is 5.42. The Labute approximate surface area is 123 Å². The molecule has 1 atom stereocenters. The van der Waals surface area contributed by atoms with Crippen LogP contribution in [0.2, 0.25) is 0 Å². The van der Waals surface area contributed by atoms with Crippen molar-refractivity contribution in [1.82, 2.24) is 5.32 Å². The summed E-state index contributed by atoms with van der Waals surface area (Å²) in [6.45, 7) is 3.00. The molecule has 0 saturated heterocycles. The third-order valence-electron chi connectivity index (χ3n) is 4.01. The highest BCUT2D eigenvalue weighted by Crippen LogP contribution is 2.39. The van der Waals surface area contributed by atoms with Crippen LogP contribution in [0.15, 0.2) is 12.1 Å². The number of hydrogen-bond acceptors (Lipinski definition) is 4. The molecule has 0 fully saturated rings. The molecule has 0 saturated carbocycles. The summed E-state index contributed by atoms with van der Waals surface area (Å²) in [5.41, 5.74) is 4.00. The van der Waals surface area contributed by atoms with Crippen LogP contribution in [-0.4, -0.2) is 36.2 Å². The number of amides is 2. The number of likely N-dealkylation sites (N-methyl/N-ethyl adjacent to an activating group) is 1. The fourth-order valence-electron chi connectivity index (χ4n) is 3.10. The lowest BCUT2D eigenvalue weighted by molar-refractivity contribution is -0.136. The van der Waals surface area contributed by atoms with E-state index in [9.17, 15) is 14.7 Å². The Morgan fingerprint density at radius 1 is 1.29 bits per heavy atom. The summed E-state index contributed by atoms with van der Waals surface area (Å²) >= 11 is 0. The second kappa shape index (κ2) is 5.37. The van der Waals surface area contributed by atoms with Crippen molar-refractivity contribution < 1.29 is 14.7 Å². The number of anilines is 2. The third kappa shape index (κ3) is 2.47. The largest absolute Gasteiger partial charge is 0.374 e. The maximum Gasteiger partial charge on any atom is 0.313 e. The number of nitrogens with zero attached hydrogens (tertiary/aromatic N) is 1. The van der Waals surface area contributed by atoms with Gasteiger partial charge in [0.2, 0.25) is 0 Å². The number of hydrogen-bond donors (Lipinski definition) is 3. The summed E-state index contributed by atoms with van der Waals surface area (Å²) in [4.78, 5) is 25.3. The maximum absolute atomic E-state index is 11.8. The van der Waals surface area contributed by atoms with E-state index in [2.05, 4.69) is 10.6 Å². The van der Waals surface area contributed by atoms with Crippen molar-refractivity contribution in [3.63, 3.8) is 0 Å². The first-order valence-corrected chi connectivity index (χ1v) is 7.30. The Balaban J connectivity index is 1.84. The molecule has 0 radical (unpaired) electrons. The molecule has 3 rings (SSSR count). The van der Waals surface area contributed by atoms with Crippen molar-refractivity contribution in [1.29, 1.82) is 0 Å². The lowest BCUT2D eigenvalue weighted by Crippen LogP contribution is -2.37. The van der Waals surface area contributed by atoms with Crippen molar-refractivity contribution in [2.75, 3.05) is 23.3 Å². The van der Waals surface area contributed by atoms with Gasteiger partial charge >= 0.3 is 11.8 Å². The number of aliphatic hydroxyl groups is 1. The Morgan fingerprint density at radius 3 is 2.71 bits per heavy atom. The number of nitrogens with one attached hydrogen (secondary N) is 2. The van der Waals surface area contributed by atoms with Gasteiger partial charge in [-0.2, -0.15) is 0 Å². The first kappa shape index (κ1) is 13.9. The van der Waals surface area contributed by atoms with Gasteiger partial charge in [0.05, 0.1) is 0 Å². The average molecular weight is 289 g/mol. The number of carbonyl (C=O) groups is 2. The molecule has 2 aliphatic rings. The van der Waals surface area contributed by atoms with Gasteiger partial charge in [0, 0.05) is 24.5 Å². The first-order valence-electron chi connectivity index (χ1n) is 7.30. The standard InChI is InChI=1S/C15H19N3O3/c1-2-16-14(20)15(21)17-11-7-9-3-4-12(19)18-6-5-10(8-11)13(9)18/h7-8,12,19H,2-6H2,1H3,(H,16,20)(H,17,21). The van der Waals surface area contributed by atoms with Crippen LogP contribution < -0.4 is 15.5 Å². The summed E-state index contributed by atoms with van der Waals surface area (Å²) in [5, 5.41) is 15.1. The molecule has 2 amide bonds. The summed E-state index contributed by atoms with van der Waals surface area (Å²) in [5.74, 6) is -1.27. The normalized spacial score (nSPS) is 19.1. The Morgan fingerprint density at radius 2 is 2.00 bits per heavy atom. The minimum absolute atomic E-state index is 0.408. The molecule has 0 spiro atoms. The third-order valence-corrected chi connectivity index (χ3v) is 4.01. The van der Waals surface area contributed by atoms with E-state index in [1.54, 1.807) is 6.92 Å². The number of aliphatic hydroxyl groups excluding tert-OH is 1. The zero-order valence-corrected chi connectivity index (χ0v) is 12.0. The summed E-state index contributed by atoms with van der Waals surface area (Å²) in [6, 6.07) is 3.80. The Bertz CT molecular complexity index is 600. The smallest absolute Gasteiger partial charge is 0.313 e. The van der Waals surface area contributed by atoms with Crippen LogP contribution in [0.25, 0.3) is 0 Å². The van der Waals surface area contributed by atoms with Gasteiger partial charge in [-0.15, -0.1) is 0 Å². The lowest BCUT2D eigenvalue weighted by atomic mass is 9.98. The van der Waals surface area contributed by atoms with Gasteiger partial charge in [0.25, 0.3) is 0 Å². The number of aryl methyl sites for hydroxylation is 1. The zero-order valence-electron chi connectivity index (χ0n) is 12.0. The minimum Gasteiger partial charge on any atom is -0.374 e. The molecular formula is C15H19N3O3. The predicted octanol–water partition coefficient (Wildman–Crippen LogP) is 0.388. The predicted molar refractivity (Wildman–Crippen MR) is 79.1 cm³/mol. The molecule has 1 aromatic rings. The van der Waals surface area contributed by atoms with E-state index in [0.29, 0.717) is 18.7 Å². The van der Waals surface area contributed by atoms with E-state index in [-0.39, 0.29) is 0 Å². The molecule has 6 nitrogen and oxygen atoms in total. The number of carbonyl (C=O) groups excluding carboxylic acids is 2. The van der Waals surface area contributed by atoms with Gasteiger partial charge in [0.15, 0.2) is 0 Å². The van der Waals surface area contributed by atoms with Crippen LogP contribution in [0, 0.1) is 0 Å². The molecule has 0 aliphatic carbocycles. The molecule has 2 heterocycles. The molecule has 21 heavy (non-hydrogen) atoms. The first-order chi connectivity index (χ1) is 10.1. The second-order valence-corrected chi connectivity index (χ2v) is 5.42. The maximum atomic E-state index is 11.8. The molecule has 6 heteroatoms. The summed E-state index contributed by atoms with van der Waals surface area (Å²) < 4.78 is 0. The van der Waals surface area contributed by atoms with Crippen LogP contribution in [0.1, 0.15) is 24.5 Å². The van der Waals surface area contributed by atoms with Crippen molar-refractivity contribution >= 4 is 23.2 Å². The monoisotopic (exact) mass is 289 g/mol. The van der Waals surface area contributed by atoms with Gasteiger partial charge < -0.3 is 20.6 Å². The van der Waals surface area contributed by atoms with E-state index in [0.717, 1.165) is 36.2 Å². The lowest BCUT2D eigenvalue weighted by Gasteiger charge is -2.32. The van der Waals surface area contributed by atoms with E-state index in [4.69, 9.17) is 0 Å². The SMILES string of the molecule is CCNC(=O)C(=O)Nc1cc2c3c(c1)CCN3C(O)CC2. The molecular weight excluding hydrogens is 270 g/mol. The molecule has 1 aromatic carbocycles. The molecule has 0 aromatic heterocycles. The van der Waals surface area contributed by atoms with Crippen molar-refractivity contribution in [3.05, 3.63) is 23.3 Å². The van der Waals surface area contributed by atoms with Crippen LogP contribution in [0.4, 0.5) is 11.4 Å². The van der Waals surface area contributed by atoms with E-state index >= 15 is 0 Å². The van der Waals surface area contributed by atoms with Gasteiger partial charge in [0.1, 0.15) is 6.23 Å². The number of benzene rings is 1. The Kier molecular flexibility index (Phi) is 3.55. The van der Waals surface area contributed by atoms with Gasteiger partial charge in [-0.1, -0.05) is 0 Å². The molecule has 0 bridgehead atoms. The summed E-state index contributed by atoms with van der Waals surface area (Å²) in [6.07, 6.45) is 1.92. The highest BCUT2D eigenvalue weighted by atomic mass is 16.3. The van der Waals surface area contributed by atoms with Gasteiger partial charge in [-0.3, -0.25) is 9.59 Å². The van der Waals surface area contributed by atoms with E-state index < -0.39 is 18.0 Å². The van der Waals surface area contributed by atoms with Crippen LogP contribution in [-0.2, 0) is 22.4 Å². The van der Waals surface area contributed by atoms with Crippen molar-refractivity contribution in [2.24, 2.45) is 0 Å². The molecule has 112 valence electrons. The number of rotatable bonds is 2. The zero-order chi connectivity index (χ0) is 15.0. The Hall–Kier alpha value is -2.08. The fourth-order valence-corrected chi connectivity index (χ4v) is 3.10. The van der Waals surface area contributed by atoms with Crippen LogP contribution in [0.3, 0.4) is 0 Å². The van der Waals surface area contributed by atoms with Crippen LogP contribution in [0.5, 0.6) is 0 Å². The quantitative estimate of drug-likeness (QED) is 0.688. The van der Waals surface area contributed by atoms with Gasteiger partial charge in [-0.25, -0.2) is 0 Å². The van der Waals surface area contributed by atoms with Crippen molar-refractivity contribution in [3.8, 4) is 0 Å². The fraction of sp³-hybridized carbons (Fsp3) is 0.467. The average Bonchev–Trinajstić information content (AvgIpc) is 2.88. The highest BCUT2D eigenvalue weighted by Gasteiger charge is 2.31. The molecule has 1 unspecified atom stereocenters. The molecule has 2 aliphatic heterocycles. The summed E-state index contributed by atoms with van der Waals surface area (Å²) in [7, 11) is 0. The highest BCUT2D eigenvalue weighted by molar-refractivity contribution is 6.39. The van der Waals surface area contributed by atoms with Gasteiger partial charge in [-0.05, 0) is 49.4 Å². The van der Waals surface area contributed by atoms with Crippen molar-refractivity contribution in [2.45, 2.75) is 32.4 Å². The minimum atomic E-state index is -0.644. The van der Waals surface area contributed by atoms with E-state index in [1.165, 1.54) is 0 Å². The van der Waals surface area contributed by atoms with Crippen LogP contribution >= 0.6 is 0 Å².